The average Bonchev–Trinajstić information content (AvgIpc) is 3.46. The number of rotatable bonds is 24. The third-order valence-corrected chi connectivity index (χ3v) is 17.1. The van der Waals surface area contributed by atoms with Gasteiger partial charge in [-0.3, -0.25) is 29.8 Å². The average molecular weight is 1310 g/mol. The minimum absolute atomic E-state index is 0.0675. The Morgan fingerprint density at radius 1 is 0.988 bits per heavy atom. The minimum atomic E-state index is -1.97. The highest BCUT2D eigenvalue weighted by molar-refractivity contribution is 9.10. The molecule has 4 rings (SSSR count). The van der Waals surface area contributed by atoms with Crippen LogP contribution in [0, 0.1) is 24.7 Å². The van der Waals surface area contributed by atoms with E-state index in [0.29, 0.717) is 59.9 Å². The van der Waals surface area contributed by atoms with Crippen LogP contribution >= 0.6 is 43.5 Å². The zero-order valence-electron chi connectivity index (χ0n) is 48.5. The Morgan fingerprint density at radius 3 is 2.33 bits per heavy atom. The number of unbranched alkanes of at least 4 members (excludes halogenated alkanes) is 2. The van der Waals surface area contributed by atoms with Gasteiger partial charge in [-0.25, -0.2) is 14.4 Å². The quantitative estimate of drug-likeness (QED) is 0.0308. The van der Waals surface area contributed by atoms with Gasteiger partial charge in [-0.15, -0.1) is 0 Å². The summed E-state index contributed by atoms with van der Waals surface area (Å²) in [5.41, 5.74) is 5.45. The summed E-state index contributed by atoms with van der Waals surface area (Å²) in [5.74, 6) is -4.09. The van der Waals surface area contributed by atoms with Crippen LogP contribution in [0.2, 0.25) is 5.02 Å². The lowest BCUT2D eigenvalue weighted by molar-refractivity contribution is -0.152. The smallest absolute Gasteiger partial charge is 0.411 e. The number of aldehydes is 1. The summed E-state index contributed by atoms with van der Waals surface area (Å²) in [6.07, 6.45) is 1.23. The van der Waals surface area contributed by atoms with Crippen molar-refractivity contribution in [2.24, 2.45) is 23.5 Å². The Morgan fingerprint density at radius 2 is 1.70 bits per heavy atom. The number of hydrogen-bond donors (Lipinski definition) is 10. The molecule has 2 aliphatic rings. The highest BCUT2D eigenvalue weighted by atomic mass is 79.9. The van der Waals surface area contributed by atoms with Crippen LogP contribution in [0.4, 0.5) is 31.4 Å². The highest BCUT2D eigenvalue weighted by Gasteiger charge is 2.48. The summed E-state index contributed by atoms with van der Waals surface area (Å²) in [7, 11) is 4.33. The number of nitrogens with one attached hydrogen (secondary N) is 7. The molecule has 2 aromatic carbocycles. The number of halogens is 3. The number of allylic oxidation sites excluding steroid dienone is 3. The van der Waals surface area contributed by atoms with Crippen molar-refractivity contribution in [3.05, 3.63) is 70.3 Å². The number of ether oxygens (including phenoxy) is 4. The fraction of sp³-hybridized carbons (Fsp3) is 0.579. The third kappa shape index (κ3) is 20.4. The molecule has 1 unspecified atom stereocenters. The number of aryl methyl sites for hydroxylation is 1. The number of hydrogen-bond acceptors (Lipinski definition) is 15. The van der Waals surface area contributed by atoms with E-state index in [4.69, 9.17) is 36.3 Å². The van der Waals surface area contributed by atoms with E-state index in [1.807, 2.05) is 13.0 Å². The number of aliphatic hydroxyl groups excluding tert-OH is 1. The molecule has 2 heterocycles. The number of aliphatic hydroxyl groups is 2. The molecule has 0 saturated carbocycles. The number of urea groups is 1. The molecule has 0 aromatic heterocycles. The fourth-order valence-corrected chi connectivity index (χ4v) is 11.5. The van der Waals surface area contributed by atoms with Crippen LogP contribution in [0.1, 0.15) is 97.1 Å². The van der Waals surface area contributed by atoms with E-state index in [0.717, 1.165) is 17.4 Å². The van der Waals surface area contributed by atoms with Crippen LogP contribution in [0.15, 0.2) is 54.1 Å². The maximum Gasteiger partial charge on any atom is 0.411 e. The number of amides is 8. The predicted molar refractivity (Wildman–Crippen MR) is 323 cm³/mol. The van der Waals surface area contributed by atoms with Gasteiger partial charge in [-0.05, 0) is 99.9 Å². The van der Waals surface area contributed by atoms with Crippen LogP contribution < -0.4 is 52.6 Å². The first kappa shape index (κ1) is 69.7. The van der Waals surface area contributed by atoms with Gasteiger partial charge in [-0.2, -0.15) is 0 Å². The second kappa shape index (κ2) is 33.0. The first-order chi connectivity index (χ1) is 39.2. The molecule has 1 fully saturated rings. The van der Waals surface area contributed by atoms with Gasteiger partial charge >= 0.3 is 18.2 Å². The minimum Gasteiger partial charge on any atom is -0.495 e. The largest absolute Gasteiger partial charge is 0.495 e. The number of nitrogens with zero attached hydrogens (tertiary/aromatic N) is 1. The van der Waals surface area contributed by atoms with Crippen LogP contribution in [0.3, 0.4) is 0 Å². The number of primary amides is 1. The fourth-order valence-electron chi connectivity index (χ4n) is 9.56. The Bertz CT molecular complexity index is 2660. The van der Waals surface area contributed by atoms with Crippen LogP contribution in [0.25, 0.3) is 0 Å². The summed E-state index contributed by atoms with van der Waals surface area (Å²) in [5, 5.41) is 44.1. The van der Waals surface area contributed by atoms with E-state index in [-0.39, 0.29) is 60.5 Å². The molecule has 9 atom stereocenters. The Labute approximate surface area is 507 Å². The van der Waals surface area contributed by atoms with Gasteiger partial charge in [0.25, 0.3) is 0 Å². The lowest BCUT2D eigenvalue weighted by Gasteiger charge is -2.43. The number of alkyl halides is 2. The monoisotopic (exact) mass is 1310 g/mol. The van der Waals surface area contributed by atoms with Crippen LogP contribution in [0.5, 0.6) is 5.75 Å². The molecule has 0 spiro atoms. The topological polar surface area (TPSA) is 327 Å². The number of alkyl carbamates (subject to hydrolysis) is 1. The van der Waals surface area contributed by atoms with Crippen molar-refractivity contribution in [2.75, 3.05) is 60.6 Å². The van der Waals surface area contributed by atoms with E-state index in [2.05, 4.69) is 69.1 Å². The predicted octanol–water partition coefficient (Wildman–Crippen LogP) is 6.41. The van der Waals surface area contributed by atoms with E-state index >= 15 is 0 Å². The molecule has 0 aliphatic carbocycles. The number of fused-ring (bicyclic) bond motifs is 4. The van der Waals surface area contributed by atoms with Crippen LogP contribution in [-0.2, 0) is 44.6 Å². The van der Waals surface area contributed by atoms with Crippen molar-refractivity contribution in [1.29, 1.82) is 0 Å². The number of nitrogens with two attached hydrogens (primary N) is 1. The molecule has 2 aromatic rings. The summed E-state index contributed by atoms with van der Waals surface area (Å²) >= 11 is 13.5. The van der Waals surface area contributed by atoms with E-state index in [1.54, 1.807) is 65.0 Å². The second-order valence-electron chi connectivity index (χ2n) is 21.6. The van der Waals surface area contributed by atoms with Crippen molar-refractivity contribution < 1.29 is 67.5 Å². The lowest BCUT2D eigenvalue weighted by atomic mass is 9.81. The van der Waals surface area contributed by atoms with Gasteiger partial charge in [0.15, 0.2) is 5.72 Å². The highest BCUT2D eigenvalue weighted by Crippen LogP contribution is 2.38. The summed E-state index contributed by atoms with van der Waals surface area (Å²) < 4.78 is 22.9. The van der Waals surface area contributed by atoms with E-state index in [1.165, 1.54) is 38.3 Å². The Hall–Kier alpha value is -5.83. The maximum atomic E-state index is 14.4. The van der Waals surface area contributed by atoms with Crippen LogP contribution in [-0.4, -0.2) is 151 Å². The summed E-state index contributed by atoms with van der Waals surface area (Å²) in [4.78, 5) is 107. The molecule has 460 valence electrons. The number of benzene rings is 2. The third-order valence-electron chi connectivity index (χ3n) is 14.7. The Kier molecular flexibility index (Phi) is 27.7. The number of methoxy groups -OCH3 is 2. The van der Waals surface area contributed by atoms with Gasteiger partial charge in [0.2, 0.25) is 23.6 Å². The number of carbonyl (C=O) groups excluding carboxylic acids is 8. The zero-order chi connectivity index (χ0) is 61.8. The van der Waals surface area contributed by atoms with Crippen molar-refractivity contribution >= 4 is 109 Å². The molecular formula is C57H82Br2ClN9O14. The standard InChI is InChI=1S/C57H82Br2ClN9O14/c1-32(2)49(67-46(71)18-11-10-12-22-63-56(29-58,30-59)31-70)52(75)65-40(16-14-21-62-53(61)76)51(74)64-38-19-20-39(34(4)24-38)66-54(77)82-42-27-47(72)69(7)41-25-37(26-43(80-8)48(41)60)23-33(3)15-13-17-45(81-9)57(79)28-44(83-55(78)68-57)36(6)50(73)35(42)5/h13,15,17,19-20,24-26,31-32,35-36,40,42,44-45,49-50,63,73,79H,10-12,14,16,18,21-23,27-30H2,1-9H3,(H,64,74)(H,65,75)(H,66,77)(H,67,71)(H,68,78)(H3,61,62,76)/b17-13+,33-15+/t35?,36-,40+,42+,44+,45-,49+,50-,57+/m1/s1. The normalized spacial score (nSPS) is 23.2. The maximum absolute atomic E-state index is 14.4. The summed E-state index contributed by atoms with van der Waals surface area (Å²) in [6.45, 7) is 10.9. The molecule has 11 N–H and O–H groups in total. The van der Waals surface area contributed by atoms with E-state index in [9.17, 15) is 48.6 Å². The Balaban J connectivity index is 1.54. The first-order valence-electron chi connectivity index (χ1n) is 27.5. The van der Waals surface area contributed by atoms with Gasteiger partial charge in [0.1, 0.15) is 47.5 Å². The molecule has 83 heavy (non-hydrogen) atoms. The lowest BCUT2D eigenvalue weighted by Crippen LogP contribution is -2.64. The SMILES string of the molecule is COc1cc2cc(c1Cl)N(C)C(=O)C[C@H](OC(=O)Nc1ccc(NC(=O)[C@H](CCCNC(N)=O)NC(=O)[C@@H](NC(=O)CCCCCNC(C=O)(CBr)CBr)C(C)C)cc1C)C(C)[C@@H](O)[C@H](C)[C@@H]1C[C@@](O)(NC(=O)O1)[C@H](OC)/C=C/C=C(\C)C2. The van der Waals surface area contributed by atoms with Gasteiger partial charge in [0.05, 0.1) is 30.9 Å². The molecule has 23 nitrogen and oxygen atoms in total. The van der Waals surface area contributed by atoms with Gasteiger partial charge in [0, 0.05) is 67.4 Å². The zero-order valence-corrected chi connectivity index (χ0v) is 52.5. The number of anilines is 3. The molecular weight excluding hydrogens is 1230 g/mol. The molecule has 8 amide bonds. The summed E-state index contributed by atoms with van der Waals surface area (Å²) in [6, 6.07) is 5.16. The molecule has 0 radical (unpaired) electrons. The molecule has 26 heteroatoms. The molecule has 2 aliphatic heterocycles. The molecule has 4 bridgehead atoms. The second-order valence-corrected chi connectivity index (χ2v) is 23.1. The first-order valence-corrected chi connectivity index (χ1v) is 30.1. The van der Waals surface area contributed by atoms with Crippen molar-refractivity contribution in [1.82, 2.24) is 26.6 Å². The van der Waals surface area contributed by atoms with Gasteiger partial charge < -0.3 is 71.2 Å². The van der Waals surface area contributed by atoms with Crippen molar-refractivity contribution in [2.45, 2.75) is 147 Å². The molecule has 1 saturated heterocycles. The van der Waals surface area contributed by atoms with E-state index < -0.39 is 102 Å². The number of carbonyl (C=O) groups is 8. The van der Waals surface area contributed by atoms with Gasteiger partial charge in [-0.1, -0.05) is 101 Å². The van der Waals surface area contributed by atoms with Crippen molar-refractivity contribution in [3.8, 4) is 5.75 Å². The van der Waals surface area contributed by atoms with Crippen molar-refractivity contribution in [3.63, 3.8) is 0 Å².